The Labute approximate surface area is 217 Å². The fourth-order valence-corrected chi connectivity index (χ4v) is 4.96. The van der Waals surface area contributed by atoms with Crippen molar-refractivity contribution in [2.45, 2.75) is 105 Å². The van der Waals surface area contributed by atoms with Gasteiger partial charge in [-0.2, -0.15) is 5.48 Å². The number of rotatable bonds is 19. The Morgan fingerprint density at radius 2 is 0.943 bits per heavy atom. The van der Waals surface area contributed by atoms with Gasteiger partial charge in [0.15, 0.2) is 0 Å². The summed E-state index contributed by atoms with van der Waals surface area (Å²) >= 11 is 0. The van der Waals surface area contributed by atoms with Gasteiger partial charge in [-0.05, 0) is 41.2 Å². The van der Waals surface area contributed by atoms with Gasteiger partial charge in [-0.15, -0.1) is 0 Å². The van der Waals surface area contributed by atoms with Crippen LogP contribution in [0.15, 0.2) is 60.7 Å². The van der Waals surface area contributed by atoms with Crippen molar-refractivity contribution in [3.8, 4) is 0 Å². The second kappa shape index (κ2) is 17.7. The van der Waals surface area contributed by atoms with Gasteiger partial charge in [0.2, 0.25) is 0 Å². The van der Waals surface area contributed by atoms with Gasteiger partial charge in [-0.25, -0.2) is 0 Å². The predicted octanol–water partition coefficient (Wildman–Crippen LogP) is 9.76. The summed E-state index contributed by atoms with van der Waals surface area (Å²) in [5, 5.41) is 0. The molecule has 2 nitrogen and oxygen atoms in total. The average molecular weight is 480 g/mol. The van der Waals surface area contributed by atoms with Crippen LogP contribution in [-0.2, 0) is 4.84 Å². The first-order valence-electron chi connectivity index (χ1n) is 14.4. The van der Waals surface area contributed by atoms with Crippen LogP contribution in [-0.4, -0.2) is 6.61 Å². The smallest absolute Gasteiger partial charge is 0.0821 e. The third-order valence-corrected chi connectivity index (χ3v) is 7.45. The van der Waals surface area contributed by atoms with Gasteiger partial charge in [0.05, 0.1) is 12.6 Å². The molecule has 1 N–H and O–H groups in total. The lowest BCUT2D eigenvalue weighted by atomic mass is 9.91. The monoisotopic (exact) mass is 479 g/mol. The summed E-state index contributed by atoms with van der Waals surface area (Å²) in [5.41, 5.74) is 5.79. The van der Waals surface area contributed by atoms with Gasteiger partial charge in [-0.3, -0.25) is 0 Å². The van der Waals surface area contributed by atoms with Gasteiger partial charge < -0.3 is 4.84 Å². The van der Waals surface area contributed by atoms with Crippen molar-refractivity contribution in [1.29, 1.82) is 0 Å². The summed E-state index contributed by atoms with van der Waals surface area (Å²) in [4.78, 5) is 5.97. The third-order valence-electron chi connectivity index (χ3n) is 7.45. The molecule has 2 aromatic carbocycles. The molecule has 0 radical (unpaired) electrons. The first-order chi connectivity index (χ1) is 17.0. The Morgan fingerprint density at radius 1 is 0.543 bits per heavy atom. The molecule has 0 amide bonds. The molecule has 0 saturated heterocycles. The lowest BCUT2D eigenvalue weighted by molar-refractivity contribution is 0.0169. The molecule has 2 rings (SSSR count). The van der Waals surface area contributed by atoms with Crippen molar-refractivity contribution in [3.63, 3.8) is 0 Å². The van der Waals surface area contributed by atoms with Crippen molar-refractivity contribution in [3.05, 3.63) is 71.8 Å². The molecule has 35 heavy (non-hydrogen) atoms. The van der Waals surface area contributed by atoms with Gasteiger partial charge >= 0.3 is 0 Å². The molecule has 0 fully saturated rings. The molecule has 0 saturated carbocycles. The molecule has 0 bridgehead atoms. The number of hydroxylamine groups is 1. The van der Waals surface area contributed by atoms with Crippen LogP contribution >= 0.6 is 0 Å². The van der Waals surface area contributed by atoms with E-state index in [0.717, 1.165) is 30.8 Å². The summed E-state index contributed by atoms with van der Waals surface area (Å²) in [6, 6.07) is 21.2. The average Bonchev–Trinajstić information content (AvgIpc) is 2.85. The predicted molar refractivity (Wildman–Crippen MR) is 152 cm³/mol. The summed E-state index contributed by atoms with van der Waals surface area (Å²) < 4.78 is 0. The maximum absolute atomic E-state index is 5.97. The van der Waals surface area contributed by atoms with Crippen molar-refractivity contribution in [1.82, 2.24) is 5.48 Å². The number of hydrogen-bond donors (Lipinski definition) is 1. The summed E-state index contributed by atoms with van der Waals surface area (Å²) in [6.07, 6.45) is 13.6. The molecule has 0 aliphatic carbocycles. The normalized spacial score (nSPS) is 14.4. The minimum Gasteiger partial charge on any atom is -0.301 e. The second-order valence-corrected chi connectivity index (χ2v) is 11.5. The first-order valence-corrected chi connectivity index (χ1v) is 14.4. The topological polar surface area (TPSA) is 21.3 Å². The molecule has 0 spiro atoms. The zero-order valence-electron chi connectivity index (χ0n) is 23.3. The highest BCUT2D eigenvalue weighted by molar-refractivity contribution is 5.31. The zero-order valence-corrected chi connectivity index (χ0v) is 23.3. The minimum atomic E-state index is 0.0616. The zero-order chi connectivity index (χ0) is 25.3. The Balaban J connectivity index is 1.57. The maximum atomic E-state index is 5.97. The summed E-state index contributed by atoms with van der Waals surface area (Å²) in [7, 11) is 0. The van der Waals surface area contributed by atoms with E-state index in [1.807, 2.05) is 0 Å². The molecule has 3 atom stereocenters. The van der Waals surface area contributed by atoms with Crippen LogP contribution in [0.1, 0.15) is 116 Å². The highest BCUT2D eigenvalue weighted by Crippen LogP contribution is 2.24. The maximum Gasteiger partial charge on any atom is 0.0821 e. The number of benzene rings is 2. The highest BCUT2D eigenvalue weighted by atomic mass is 16.6. The van der Waals surface area contributed by atoms with Crippen LogP contribution in [0, 0.1) is 23.7 Å². The summed E-state index contributed by atoms with van der Waals surface area (Å²) in [5.74, 6) is 3.32. The largest absolute Gasteiger partial charge is 0.301 e. The number of nitrogens with one attached hydrogen (secondary N) is 1. The van der Waals surface area contributed by atoms with E-state index in [4.69, 9.17) is 4.84 Å². The Hall–Kier alpha value is -1.64. The van der Waals surface area contributed by atoms with E-state index in [9.17, 15) is 0 Å². The Kier molecular flexibility index (Phi) is 15.0. The molecule has 2 aromatic rings. The van der Waals surface area contributed by atoms with Crippen LogP contribution in [0.2, 0.25) is 0 Å². The Bertz CT molecular complexity index is 705. The van der Waals surface area contributed by atoms with Crippen molar-refractivity contribution in [2.24, 2.45) is 23.7 Å². The van der Waals surface area contributed by atoms with Crippen LogP contribution in [0.3, 0.4) is 0 Å². The quantitative estimate of drug-likeness (QED) is 0.160. The van der Waals surface area contributed by atoms with Crippen LogP contribution in [0.5, 0.6) is 0 Å². The van der Waals surface area contributed by atoms with Crippen LogP contribution < -0.4 is 5.48 Å². The number of hydrogen-bond acceptors (Lipinski definition) is 2. The standard InChI is InChI=1S/C33H53NO/c1-27(2)15-12-16-28(3)17-13-18-29(4)19-14-20-30(5)25-26-35-34-33(31-21-8-6-9-22-31)32-23-10-7-11-24-32/h6-11,21-24,27-30,33-34H,12-20,25-26H2,1-5H3/t28-,29-,30?/m1/s1. The SMILES string of the molecule is CC(C)CCC[C@@H](C)CCC[C@@H](C)CCCC(C)CCONC(c1ccccc1)c1ccccc1. The van der Waals surface area contributed by atoms with Crippen molar-refractivity contribution < 1.29 is 4.84 Å². The molecular weight excluding hydrogens is 426 g/mol. The fourth-order valence-electron chi connectivity index (χ4n) is 4.96. The first kappa shape index (κ1) is 29.6. The lowest BCUT2D eigenvalue weighted by Gasteiger charge is -2.20. The molecular formula is C33H53NO. The molecule has 0 heterocycles. The third kappa shape index (κ3) is 13.3. The van der Waals surface area contributed by atoms with E-state index in [-0.39, 0.29) is 6.04 Å². The van der Waals surface area contributed by atoms with E-state index < -0.39 is 0 Å². The van der Waals surface area contributed by atoms with Crippen molar-refractivity contribution >= 4 is 0 Å². The summed E-state index contributed by atoms with van der Waals surface area (Å²) in [6.45, 7) is 12.7. The van der Waals surface area contributed by atoms with Gasteiger partial charge in [0.1, 0.15) is 0 Å². The van der Waals surface area contributed by atoms with Gasteiger partial charge in [0, 0.05) is 0 Å². The van der Waals surface area contributed by atoms with Gasteiger partial charge in [0.25, 0.3) is 0 Å². The van der Waals surface area contributed by atoms with E-state index in [1.54, 1.807) is 0 Å². The van der Waals surface area contributed by atoms with E-state index in [0.29, 0.717) is 5.92 Å². The molecule has 0 aliphatic rings. The minimum absolute atomic E-state index is 0.0616. The highest BCUT2D eigenvalue weighted by Gasteiger charge is 2.14. The second-order valence-electron chi connectivity index (χ2n) is 11.5. The van der Waals surface area contributed by atoms with Crippen molar-refractivity contribution in [2.75, 3.05) is 6.61 Å². The van der Waals surface area contributed by atoms with Crippen LogP contribution in [0.25, 0.3) is 0 Å². The van der Waals surface area contributed by atoms with E-state index >= 15 is 0 Å². The molecule has 196 valence electrons. The lowest BCUT2D eigenvalue weighted by Crippen LogP contribution is -2.24. The fraction of sp³-hybridized carbons (Fsp3) is 0.636. The van der Waals surface area contributed by atoms with E-state index in [2.05, 4.69) is 101 Å². The molecule has 0 aliphatic heterocycles. The van der Waals surface area contributed by atoms with Gasteiger partial charge in [-0.1, -0.05) is 153 Å². The molecule has 1 unspecified atom stereocenters. The van der Waals surface area contributed by atoms with E-state index in [1.165, 1.54) is 68.9 Å². The van der Waals surface area contributed by atoms with Crippen LogP contribution in [0.4, 0.5) is 0 Å². The molecule has 0 aromatic heterocycles. The Morgan fingerprint density at radius 3 is 1.37 bits per heavy atom. The molecule has 2 heteroatoms.